The summed E-state index contributed by atoms with van der Waals surface area (Å²) in [5, 5.41) is 10.1. The highest BCUT2D eigenvalue weighted by molar-refractivity contribution is 7.13. The van der Waals surface area contributed by atoms with E-state index in [-0.39, 0.29) is 5.91 Å². The normalized spacial score (nSPS) is 20.4. The van der Waals surface area contributed by atoms with Crippen molar-refractivity contribution in [3.8, 4) is 11.5 Å². The molecule has 1 unspecified atom stereocenters. The Morgan fingerprint density at radius 2 is 2.09 bits per heavy atom. The van der Waals surface area contributed by atoms with Gasteiger partial charge in [0.2, 0.25) is 0 Å². The highest BCUT2D eigenvalue weighted by Crippen LogP contribution is 2.48. The number of nitrogens with zero attached hydrogens (tertiary/aromatic N) is 2. The lowest BCUT2D eigenvalue weighted by Gasteiger charge is -2.37. The van der Waals surface area contributed by atoms with Gasteiger partial charge in [-0.05, 0) is 61.9 Å². The van der Waals surface area contributed by atoms with E-state index in [1.54, 1.807) is 18.4 Å². The zero-order valence-corrected chi connectivity index (χ0v) is 20.6. The van der Waals surface area contributed by atoms with Gasteiger partial charge in [-0.1, -0.05) is 13.3 Å². The smallest absolute Gasteiger partial charge is 0.256 e. The van der Waals surface area contributed by atoms with Gasteiger partial charge in [0, 0.05) is 27.8 Å². The molecule has 1 atom stereocenters. The maximum atomic E-state index is 13.5. The minimum Gasteiger partial charge on any atom is -0.496 e. The first-order valence-corrected chi connectivity index (χ1v) is 12.7. The van der Waals surface area contributed by atoms with Crippen molar-refractivity contribution >= 4 is 28.4 Å². The molecule has 178 valence electrons. The molecule has 3 heterocycles. The molecule has 0 radical (unpaired) electrons. The maximum absolute atomic E-state index is 13.5. The summed E-state index contributed by atoms with van der Waals surface area (Å²) in [5.41, 5.74) is 1.79. The third kappa shape index (κ3) is 4.34. The average Bonchev–Trinajstić information content (AvgIpc) is 3.31. The van der Waals surface area contributed by atoms with Crippen molar-refractivity contribution in [2.75, 3.05) is 13.7 Å². The molecule has 0 saturated heterocycles. The number of amides is 1. The Hall–Kier alpha value is -3.13. The Morgan fingerprint density at radius 3 is 2.79 bits per heavy atom. The lowest BCUT2D eigenvalue weighted by Crippen LogP contribution is -2.47. The van der Waals surface area contributed by atoms with Gasteiger partial charge in [-0.3, -0.25) is 9.89 Å². The fourth-order valence-corrected chi connectivity index (χ4v) is 5.77. The molecule has 3 aromatic rings. The highest BCUT2D eigenvalue weighted by atomic mass is 32.1. The third-order valence-corrected chi connectivity index (χ3v) is 7.85. The third-order valence-electron chi connectivity index (χ3n) is 6.54. The second-order valence-electron chi connectivity index (χ2n) is 9.19. The van der Waals surface area contributed by atoms with E-state index < -0.39 is 5.54 Å². The summed E-state index contributed by atoms with van der Waals surface area (Å²) in [5.74, 6) is 2.45. The number of H-pyrrole nitrogens is 1. The zero-order valence-electron chi connectivity index (χ0n) is 19.8. The van der Waals surface area contributed by atoms with Crippen LogP contribution in [0.3, 0.4) is 0 Å². The van der Waals surface area contributed by atoms with Crippen LogP contribution in [0.4, 0.5) is 0 Å². The van der Waals surface area contributed by atoms with Gasteiger partial charge in [0.05, 0.1) is 24.8 Å². The molecular formula is C26H30N4O3S. The number of hydrogen-bond donors (Lipinski definition) is 2. The number of benzene rings is 1. The second kappa shape index (κ2) is 9.25. The number of hydrogen-bond acceptors (Lipinski definition) is 6. The largest absolute Gasteiger partial charge is 0.496 e. The Bertz CT molecular complexity index is 1210. The van der Waals surface area contributed by atoms with Crippen LogP contribution in [0.5, 0.6) is 11.5 Å². The molecule has 5 rings (SSSR count). The lowest BCUT2D eigenvalue weighted by molar-refractivity contribution is -0.117. The van der Waals surface area contributed by atoms with E-state index in [0.29, 0.717) is 36.1 Å². The van der Waals surface area contributed by atoms with Gasteiger partial charge in [0.25, 0.3) is 5.91 Å². The number of aromatic amines is 1. The number of nitrogens with one attached hydrogen (secondary N) is 2. The number of carbonyl (C=O) groups is 1. The topological polar surface area (TPSA) is 89.1 Å². The molecular weight excluding hydrogens is 448 g/mol. The SMILES string of the molecule is CCCCOc1ccc(C2(C)CC(c3ccc(C4CC4)s3)=C(c3ncn[nH]3)C(=O)N2)c(OC)c1. The van der Waals surface area contributed by atoms with Crippen LogP contribution in [0.15, 0.2) is 36.7 Å². The number of aromatic nitrogens is 3. The van der Waals surface area contributed by atoms with Gasteiger partial charge < -0.3 is 14.8 Å². The van der Waals surface area contributed by atoms with Crippen molar-refractivity contribution in [2.45, 2.75) is 57.4 Å². The molecule has 0 spiro atoms. The number of ether oxygens (including phenoxy) is 2. The monoisotopic (exact) mass is 478 g/mol. The molecule has 1 saturated carbocycles. The molecule has 8 heteroatoms. The van der Waals surface area contributed by atoms with E-state index in [0.717, 1.165) is 34.6 Å². The van der Waals surface area contributed by atoms with Crippen LogP contribution in [0.2, 0.25) is 0 Å². The summed E-state index contributed by atoms with van der Waals surface area (Å²) in [7, 11) is 1.65. The Labute approximate surface area is 203 Å². The molecule has 0 bridgehead atoms. The molecule has 2 aliphatic rings. The van der Waals surface area contributed by atoms with Gasteiger partial charge in [-0.2, -0.15) is 5.10 Å². The summed E-state index contributed by atoms with van der Waals surface area (Å²) in [6.45, 7) is 4.86. The van der Waals surface area contributed by atoms with E-state index in [1.807, 2.05) is 25.1 Å². The summed E-state index contributed by atoms with van der Waals surface area (Å²) in [4.78, 5) is 20.3. The molecule has 2 N–H and O–H groups in total. The molecule has 1 amide bonds. The maximum Gasteiger partial charge on any atom is 0.256 e. The summed E-state index contributed by atoms with van der Waals surface area (Å²) < 4.78 is 11.6. The van der Waals surface area contributed by atoms with Gasteiger partial charge >= 0.3 is 0 Å². The van der Waals surface area contributed by atoms with Gasteiger partial charge in [0.15, 0.2) is 5.82 Å². The van der Waals surface area contributed by atoms with Crippen LogP contribution in [0.25, 0.3) is 11.1 Å². The number of unbranched alkanes of at least 4 members (excludes halogenated alkanes) is 1. The first kappa shape index (κ1) is 22.7. The van der Waals surface area contributed by atoms with E-state index in [1.165, 1.54) is 24.0 Å². The van der Waals surface area contributed by atoms with E-state index in [4.69, 9.17) is 9.47 Å². The van der Waals surface area contributed by atoms with Crippen LogP contribution in [-0.4, -0.2) is 34.8 Å². The van der Waals surface area contributed by atoms with Crippen LogP contribution < -0.4 is 14.8 Å². The van der Waals surface area contributed by atoms with E-state index in [9.17, 15) is 4.79 Å². The van der Waals surface area contributed by atoms with Crippen molar-refractivity contribution in [1.29, 1.82) is 0 Å². The van der Waals surface area contributed by atoms with Crippen LogP contribution in [0, 0.1) is 0 Å². The fourth-order valence-electron chi connectivity index (χ4n) is 4.54. The summed E-state index contributed by atoms with van der Waals surface area (Å²) in [6.07, 6.45) is 6.61. The van der Waals surface area contributed by atoms with Gasteiger partial charge in [0.1, 0.15) is 17.8 Å². The van der Waals surface area contributed by atoms with Crippen LogP contribution >= 0.6 is 11.3 Å². The van der Waals surface area contributed by atoms with E-state index in [2.05, 4.69) is 39.6 Å². The Morgan fingerprint density at radius 1 is 1.24 bits per heavy atom. The zero-order chi connectivity index (χ0) is 23.7. The first-order chi connectivity index (χ1) is 16.5. The standard InChI is InChI=1S/C26H30N4O3S/c1-4-5-12-33-17-8-9-19(20(13-17)32-3)26(2)14-18(22-11-10-21(34-22)16-6-7-16)23(25(31)29-26)24-27-15-28-30-24/h8-11,13,15-16H,4-7,12,14H2,1-3H3,(H,29,31)(H,27,28,30). The fraction of sp³-hybridized carbons (Fsp3) is 0.423. The molecule has 34 heavy (non-hydrogen) atoms. The predicted molar refractivity (Wildman–Crippen MR) is 133 cm³/mol. The first-order valence-electron chi connectivity index (χ1n) is 11.8. The minimum atomic E-state index is -0.660. The average molecular weight is 479 g/mol. The van der Waals surface area contributed by atoms with Crippen molar-refractivity contribution in [3.05, 3.63) is 57.8 Å². The number of methoxy groups -OCH3 is 1. The molecule has 1 fully saturated rings. The quantitative estimate of drug-likeness (QED) is 0.409. The molecule has 1 aromatic carbocycles. The lowest BCUT2D eigenvalue weighted by atomic mass is 9.79. The van der Waals surface area contributed by atoms with Crippen LogP contribution in [0.1, 0.15) is 73.0 Å². The Kier molecular flexibility index (Phi) is 6.16. The Balaban J connectivity index is 1.54. The van der Waals surface area contributed by atoms with Crippen molar-refractivity contribution < 1.29 is 14.3 Å². The highest BCUT2D eigenvalue weighted by Gasteiger charge is 2.41. The van der Waals surface area contributed by atoms with Crippen molar-refractivity contribution in [2.24, 2.45) is 0 Å². The predicted octanol–water partition coefficient (Wildman–Crippen LogP) is 5.28. The summed E-state index contributed by atoms with van der Waals surface area (Å²) >= 11 is 1.78. The summed E-state index contributed by atoms with van der Waals surface area (Å²) in [6, 6.07) is 10.2. The number of carbonyl (C=O) groups excluding carboxylic acids is 1. The van der Waals surface area contributed by atoms with Crippen LogP contribution in [-0.2, 0) is 10.3 Å². The minimum absolute atomic E-state index is 0.174. The van der Waals surface area contributed by atoms with Crippen molar-refractivity contribution in [1.82, 2.24) is 20.5 Å². The van der Waals surface area contributed by atoms with Crippen molar-refractivity contribution in [3.63, 3.8) is 0 Å². The number of thiophene rings is 1. The van der Waals surface area contributed by atoms with Gasteiger partial charge in [-0.25, -0.2) is 4.98 Å². The number of rotatable bonds is 9. The molecule has 1 aliphatic carbocycles. The molecule has 1 aliphatic heterocycles. The molecule has 2 aromatic heterocycles. The molecule has 7 nitrogen and oxygen atoms in total. The second-order valence-corrected chi connectivity index (χ2v) is 10.3. The van der Waals surface area contributed by atoms with Gasteiger partial charge in [-0.15, -0.1) is 11.3 Å². The van der Waals surface area contributed by atoms with E-state index >= 15 is 0 Å².